The van der Waals surface area contributed by atoms with Crippen LogP contribution in [0.15, 0.2) is 42.1 Å². The average Bonchev–Trinajstić information content (AvgIpc) is 3.26. The standard InChI is InChI=1S/C24H33ClN3O2PS2.2C2H6/c1-6-11-17(13-10-15-31(5)33(30)18(7-2)8-3)27-24-28-23(26)22(32-24)21(29)20-16(4)12-9-14-19(20)25;2*1-2/h9-14,18H,6-8,15,26H2,1-5H3,(H,27,28);2*1-2H3/b13-10-,17-11+;;. The molecule has 0 aliphatic heterocycles. The maximum atomic E-state index is 13.1. The Hall–Kier alpha value is -1.53. The van der Waals surface area contributed by atoms with Gasteiger partial charge < -0.3 is 11.1 Å². The lowest BCUT2D eigenvalue weighted by Gasteiger charge is -2.17. The predicted octanol–water partition coefficient (Wildman–Crippen LogP) is 9.20. The van der Waals surface area contributed by atoms with Crippen molar-refractivity contribution in [2.24, 2.45) is 0 Å². The second-order valence-electron chi connectivity index (χ2n) is 7.61. The Morgan fingerprint density at radius 1 is 1.22 bits per heavy atom. The molecule has 0 saturated carbocycles. The van der Waals surface area contributed by atoms with Crippen LogP contribution in [0.5, 0.6) is 0 Å². The largest absolute Gasteiger partial charge is 0.382 e. The first kappa shape index (κ1) is 35.5. The van der Waals surface area contributed by atoms with Crippen LogP contribution in [0.2, 0.25) is 5.02 Å². The fourth-order valence-corrected chi connectivity index (χ4v) is 9.22. The lowest BCUT2D eigenvalue weighted by molar-refractivity contribution is 0.104. The number of carbonyl (C=O) groups is 1. The summed E-state index contributed by atoms with van der Waals surface area (Å²) in [5.74, 6) is -0.0393. The van der Waals surface area contributed by atoms with E-state index >= 15 is 0 Å². The number of nitrogen functional groups attached to an aromatic ring is 1. The maximum absolute atomic E-state index is 13.1. The van der Waals surface area contributed by atoms with E-state index in [9.17, 15) is 9.00 Å². The first-order valence-corrected chi connectivity index (χ1v) is 18.0. The Balaban J connectivity index is 0.00000308. The van der Waals surface area contributed by atoms with E-state index in [2.05, 4.69) is 43.8 Å². The predicted molar refractivity (Wildman–Crippen MR) is 170 cm³/mol. The van der Waals surface area contributed by atoms with Crippen molar-refractivity contribution in [2.45, 2.75) is 79.9 Å². The molecule has 0 amide bonds. The lowest BCUT2D eigenvalue weighted by Crippen LogP contribution is -2.11. The highest BCUT2D eigenvalue weighted by Gasteiger charge is 2.22. The number of nitrogens with zero attached hydrogens (tertiary/aromatic N) is 1. The molecule has 0 aliphatic rings. The summed E-state index contributed by atoms with van der Waals surface area (Å²) in [4.78, 5) is 17.8. The fourth-order valence-electron chi connectivity index (χ4n) is 3.32. The minimum absolute atomic E-state index is 0.185. The van der Waals surface area contributed by atoms with E-state index < -0.39 is 17.5 Å². The van der Waals surface area contributed by atoms with Gasteiger partial charge in [0.25, 0.3) is 0 Å². The molecule has 1 aromatic carbocycles. The Morgan fingerprint density at radius 2 is 1.84 bits per heavy atom. The molecule has 0 bridgehead atoms. The SMILES string of the molecule is CC.CC.CC/C=C(\C=C/CP(C)S(=O)C(CC)CC)Nc1nc(N)c(C(=O)c2c(C)cccc2Cl)s1. The van der Waals surface area contributed by atoms with Crippen molar-refractivity contribution in [1.29, 1.82) is 0 Å². The van der Waals surface area contributed by atoms with E-state index in [1.165, 1.54) is 11.3 Å². The van der Waals surface area contributed by atoms with Crippen molar-refractivity contribution >= 4 is 57.2 Å². The van der Waals surface area contributed by atoms with Gasteiger partial charge in [0.2, 0.25) is 5.78 Å². The summed E-state index contributed by atoms with van der Waals surface area (Å²) in [6.45, 7) is 18.2. The maximum Gasteiger partial charge on any atom is 0.208 e. The first-order chi connectivity index (χ1) is 17.7. The van der Waals surface area contributed by atoms with Crippen molar-refractivity contribution in [3.05, 3.63) is 63.2 Å². The smallest absolute Gasteiger partial charge is 0.208 e. The molecular formula is C28H45ClN3O2PS2. The van der Waals surface area contributed by atoms with Crippen LogP contribution in [-0.2, 0) is 10.4 Å². The van der Waals surface area contributed by atoms with Crippen LogP contribution in [0, 0.1) is 6.92 Å². The van der Waals surface area contributed by atoms with Crippen LogP contribution < -0.4 is 11.1 Å². The normalized spacial score (nSPS) is 12.9. The number of anilines is 2. The third-order valence-corrected chi connectivity index (χ3v) is 12.2. The topological polar surface area (TPSA) is 85.1 Å². The molecule has 1 aromatic heterocycles. The molecule has 37 heavy (non-hydrogen) atoms. The zero-order chi connectivity index (χ0) is 28.5. The summed E-state index contributed by atoms with van der Waals surface area (Å²) >= 11 is 7.48. The molecule has 5 nitrogen and oxygen atoms in total. The Morgan fingerprint density at radius 3 is 2.38 bits per heavy atom. The van der Waals surface area contributed by atoms with E-state index in [0.717, 1.165) is 36.7 Å². The number of ketones is 1. The molecule has 0 aliphatic carbocycles. The van der Waals surface area contributed by atoms with Gasteiger partial charge in [-0.3, -0.25) is 9.00 Å². The van der Waals surface area contributed by atoms with Crippen LogP contribution in [0.4, 0.5) is 10.9 Å². The van der Waals surface area contributed by atoms with Crippen LogP contribution in [0.1, 0.15) is 88.5 Å². The summed E-state index contributed by atoms with van der Waals surface area (Å²) in [5.41, 5.74) is 8.20. The van der Waals surface area contributed by atoms with Crippen molar-refractivity contribution in [1.82, 2.24) is 4.98 Å². The number of aromatic nitrogens is 1. The number of rotatable bonds is 12. The third kappa shape index (κ3) is 11.0. The van der Waals surface area contributed by atoms with E-state index in [1.54, 1.807) is 6.07 Å². The zero-order valence-electron chi connectivity index (χ0n) is 23.9. The highest BCUT2D eigenvalue weighted by atomic mass is 35.5. The van der Waals surface area contributed by atoms with Crippen LogP contribution in [0.3, 0.4) is 0 Å². The average molecular weight is 586 g/mol. The number of nitrogens with one attached hydrogen (secondary N) is 1. The Kier molecular flexibility index (Phi) is 18.7. The molecule has 2 aromatic rings. The summed E-state index contributed by atoms with van der Waals surface area (Å²) in [6, 6.07) is 5.36. The number of nitrogens with two attached hydrogens (primary N) is 1. The van der Waals surface area contributed by atoms with Gasteiger partial charge in [0.1, 0.15) is 10.7 Å². The number of hydrogen-bond acceptors (Lipinski definition) is 6. The van der Waals surface area contributed by atoms with Gasteiger partial charge in [-0.05, 0) is 63.8 Å². The van der Waals surface area contributed by atoms with E-state index in [0.29, 0.717) is 20.6 Å². The van der Waals surface area contributed by atoms with E-state index in [-0.39, 0.29) is 16.9 Å². The Bertz CT molecular complexity index is 1030. The summed E-state index contributed by atoms with van der Waals surface area (Å²) in [7, 11) is -1.38. The van der Waals surface area contributed by atoms with Crippen molar-refractivity contribution in [2.75, 3.05) is 23.9 Å². The van der Waals surface area contributed by atoms with Gasteiger partial charge in [0.15, 0.2) is 5.13 Å². The summed E-state index contributed by atoms with van der Waals surface area (Å²) < 4.78 is 12.7. The van der Waals surface area contributed by atoms with Crippen LogP contribution in [-0.4, -0.2) is 33.1 Å². The van der Waals surface area contributed by atoms with Gasteiger partial charge in [-0.25, -0.2) is 4.98 Å². The second kappa shape index (κ2) is 19.5. The molecule has 9 heteroatoms. The molecule has 208 valence electrons. The number of benzene rings is 1. The molecule has 2 rings (SSSR count). The van der Waals surface area contributed by atoms with Crippen molar-refractivity contribution in [3.8, 4) is 0 Å². The zero-order valence-corrected chi connectivity index (χ0v) is 27.1. The highest BCUT2D eigenvalue weighted by molar-refractivity contribution is 8.46. The van der Waals surface area contributed by atoms with Gasteiger partial charge in [-0.15, -0.1) is 0 Å². The number of halogens is 1. The molecule has 0 saturated heterocycles. The Labute approximate surface area is 237 Å². The van der Waals surface area contributed by atoms with Gasteiger partial charge in [0, 0.05) is 26.9 Å². The number of allylic oxidation sites excluding steroid dienone is 3. The van der Waals surface area contributed by atoms with Gasteiger partial charge >= 0.3 is 0 Å². The molecule has 0 spiro atoms. The van der Waals surface area contributed by atoms with Gasteiger partial charge in [-0.1, -0.05) is 95.7 Å². The third-order valence-electron chi connectivity index (χ3n) is 5.15. The van der Waals surface area contributed by atoms with Crippen LogP contribution in [0.25, 0.3) is 0 Å². The first-order valence-electron chi connectivity index (χ1n) is 13.0. The molecule has 2 unspecified atom stereocenters. The molecule has 3 N–H and O–H groups in total. The monoisotopic (exact) mass is 585 g/mol. The van der Waals surface area contributed by atoms with E-state index in [4.69, 9.17) is 17.3 Å². The number of hydrogen-bond donors (Lipinski definition) is 2. The number of thiazole rings is 1. The van der Waals surface area contributed by atoms with Gasteiger partial charge in [0.05, 0.1) is 5.02 Å². The van der Waals surface area contributed by atoms with Crippen molar-refractivity contribution < 1.29 is 9.00 Å². The van der Waals surface area contributed by atoms with Crippen molar-refractivity contribution in [3.63, 3.8) is 0 Å². The molecular weight excluding hydrogens is 541 g/mol. The van der Waals surface area contributed by atoms with Crippen LogP contribution >= 0.6 is 30.1 Å². The molecule has 1 heterocycles. The lowest BCUT2D eigenvalue weighted by atomic mass is 10.0. The molecule has 0 fully saturated rings. The number of carbonyl (C=O) groups excluding carboxylic acids is 1. The van der Waals surface area contributed by atoms with Gasteiger partial charge in [-0.2, -0.15) is 0 Å². The van der Waals surface area contributed by atoms with E-state index in [1.807, 2.05) is 58.9 Å². The minimum atomic E-state index is -0.788. The number of aryl methyl sites for hydroxylation is 1. The summed E-state index contributed by atoms with van der Waals surface area (Å²) in [6.07, 6.45) is 9.61. The molecule has 2 atom stereocenters. The fraction of sp³-hybridized carbons (Fsp3) is 0.500. The quantitative estimate of drug-likeness (QED) is 0.147. The second-order valence-corrected chi connectivity index (χ2v) is 14.8. The highest BCUT2D eigenvalue weighted by Crippen LogP contribution is 2.39. The minimum Gasteiger partial charge on any atom is -0.382 e. The molecule has 0 radical (unpaired) electrons. The summed E-state index contributed by atoms with van der Waals surface area (Å²) in [5, 5.41) is 4.49.